The Balaban J connectivity index is 2.22. The van der Waals surface area contributed by atoms with Crippen molar-refractivity contribution in [3.8, 4) is 11.6 Å². The quantitative estimate of drug-likeness (QED) is 0.889. The zero-order valence-electron chi connectivity index (χ0n) is 8.60. The van der Waals surface area contributed by atoms with E-state index >= 15 is 0 Å². The van der Waals surface area contributed by atoms with Crippen molar-refractivity contribution in [3.63, 3.8) is 0 Å². The van der Waals surface area contributed by atoms with Crippen LogP contribution in [0.1, 0.15) is 5.69 Å². The van der Waals surface area contributed by atoms with Crippen LogP contribution in [0.5, 0.6) is 11.6 Å². The summed E-state index contributed by atoms with van der Waals surface area (Å²) in [5.74, 6) is -2.33. The largest absolute Gasteiger partial charge is 0.434 e. The first-order chi connectivity index (χ1) is 8.20. The third kappa shape index (κ3) is 2.54. The minimum Gasteiger partial charge on any atom is -0.434 e. The van der Waals surface area contributed by atoms with Gasteiger partial charge in [0.05, 0.1) is 12.3 Å². The fraction of sp³-hybridized carbons (Fsp3) is 0.0909. The maximum Gasteiger partial charge on any atom is 0.239 e. The molecule has 6 heteroatoms. The van der Waals surface area contributed by atoms with Crippen molar-refractivity contribution in [1.82, 2.24) is 10.2 Å². The topological polar surface area (TPSA) is 55.2 Å². The molecule has 1 N–H and O–H groups in total. The summed E-state index contributed by atoms with van der Waals surface area (Å²) in [4.78, 5) is 0. The van der Waals surface area contributed by atoms with Crippen LogP contribution in [0.15, 0.2) is 30.3 Å². The number of aliphatic hydroxyl groups excluding tert-OH is 1. The molecule has 1 aromatic heterocycles. The Labute approximate surface area is 95.5 Å². The van der Waals surface area contributed by atoms with Gasteiger partial charge < -0.3 is 9.84 Å². The molecule has 0 fully saturated rings. The van der Waals surface area contributed by atoms with Gasteiger partial charge >= 0.3 is 0 Å². The van der Waals surface area contributed by atoms with Crippen molar-refractivity contribution in [3.05, 3.63) is 47.7 Å². The Morgan fingerprint density at radius 3 is 2.59 bits per heavy atom. The van der Waals surface area contributed by atoms with E-state index in [0.717, 1.165) is 6.07 Å². The molecule has 1 aromatic carbocycles. The van der Waals surface area contributed by atoms with Crippen LogP contribution in [0.25, 0.3) is 0 Å². The molecule has 0 saturated heterocycles. The maximum absolute atomic E-state index is 13.2. The molecule has 0 atom stereocenters. The number of aromatic nitrogens is 2. The van der Waals surface area contributed by atoms with Crippen LogP contribution in [0.2, 0.25) is 0 Å². The second-order valence-electron chi connectivity index (χ2n) is 3.18. The smallest absolute Gasteiger partial charge is 0.239 e. The molecule has 0 amide bonds. The molecular weight excluding hydrogens is 230 g/mol. The summed E-state index contributed by atoms with van der Waals surface area (Å²) in [6, 6.07) is 6.47. The molecule has 1 heterocycles. The highest BCUT2D eigenvalue weighted by Crippen LogP contribution is 2.23. The Kier molecular flexibility index (Phi) is 3.24. The van der Waals surface area contributed by atoms with Crippen LogP contribution in [0.4, 0.5) is 8.78 Å². The molecule has 0 aliphatic heterocycles. The second kappa shape index (κ2) is 4.84. The summed E-state index contributed by atoms with van der Waals surface area (Å²) in [6.07, 6.45) is 0. The third-order valence-corrected chi connectivity index (χ3v) is 1.99. The summed E-state index contributed by atoms with van der Waals surface area (Å²) in [5.41, 5.74) is 0.358. The normalized spacial score (nSPS) is 10.3. The van der Waals surface area contributed by atoms with Crippen molar-refractivity contribution < 1.29 is 18.6 Å². The lowest BCUT2D eigenvalue weighted by molar-refractivity contribution is 0.274. The van der Waals surface area contributed by atoms with E-state index in [0.29, 0.717) is 5.69 Å². The molecule has 88 valence electrons. The first-order valence-corrected chi connectivity index (χ1v) is 4.76. The summed E-state index contributed by atoms with van der Waals surface area (Å²) in [7, 11) is 0. The summed E-state index contributed by atoms with van der Waals surface area (Å²) < 4.78 is 31.1. The number of benzene rings is 1. The molecule has 0 unspecified atom stereocenters. The van der Waals surface area contributed by atoms with Gasteiger partial charge in [-0.1, -0.05) is 6.07 Å². The Morgan fingerprint density at radius 2 is 1.94 bits per heavy atom. The predicted molar refractivity (Wildman–Crippen MR) is 54.4 cm³/mol. The Hall–Kier alpha value is -2.08. The lowest BCUT2D eigenvalue weighted by Crippen LogP contribution is -1.97. The number of aliphatic hydroxyl groups is 1. The van der Waals surface area contributed by atoms with Crippen molar-refractivity contribution in [1.29, 1.82) is 0 Å². The maximum atomic E-state index is 13.2. The molecule has 0 radical (unpaired) electrons. The van der Waals surface area contributed by atoms with Crippen molar-refractivity contribution in [2.75, 3.05) is 0 Å². The van der Waals surface area contributed by atoms with E-state index < -0.39 is 11.6 Å². The standard InChI is InChI=1S/C11H8F2N2O2/c12-8-2-1-3-9(11(8)13)17-10-5-4-7(6-16)14-15-10/h1-5,16H,6H2. The number of rotatable bonds is 3. The van der Waals surface area contributed by atoms with Crippen LogP contribution in [-0.2, 0) is 6.61 Å². The minimum atomic E-state index is -1.08. The molecule has 0 aliphatic rings. The SMILES string of the molecule is OCc1ccc(Oc2cccc(F)c2F)nn1. The van der Waals surface area contributed by atoms with E-state index in [1.54, 1.807) is 0 Å². The van der Waals surface area contributed by atoms with Crippen LogP contribution in [0.3, 0.4) is 0 Å². The van der Waals surface area contributed by atoms with Gasteiger partial charge in [-0.3, -0.25) is 0 Å². The Bertz CT molecular complexity index is 517. The number of hydrogen-bond donors (Lipinski definition) is 1. The molecule has 0 saturated carbocycles. The fourth-order valence-electron chi connectivity index (χ4n) is 1.16. The summed E-state index contributed by atoms with van der Waals surface area (Å²) >= 11 is 0. The van der Waals surface area contributed by atoms with Crippen molar-refractivity contribution in [2.24, 2.45) is 0 Å². The summed E-state index contributed by atoms with van der Waals surface area (Å²) in [6.45, 7) is -0.248. The molecule has 4 nitrogen and oxygen atoms in total. The van der Waals surface area contributed by atoms with Gasteiger partial charge in [-0.25, -0.2) is 4.39 Å². The minimum absolute atomic E-state index is 0.0201. The highest BCUT2D eigenvalue weighted by atomic mass is 19.2. The van der Waals surface area contributed by atoms with E-state index in [9.17, 15) is 8.78 Å². The highest BCUT2D eigenvalue weighted by Gasteiger charge is 2.10. The van der Waals surface area contributed by atoms with Gasteiger partial charge in [0.1, 0.15) is 0 Å². The molecular formula is C11H8F2N2O2. The zero-order chi connectivity index (χ0) is 12.3. The van der Waals surface area contributed by atoms with Crippen LogP contribution < -0.4 is 4.74 Å². The van der Waals surface area contributed by atoms with Gasteiger partial charge in [0.25, 0.3) is 0 Å². The average molecular weight is 238 g/mol. The van der Waals surface area contributed by atoms with Gasteiger partial charge in [-0.15, -0.1) is 10.2 Å². The number of hydrogen-bond acceptors (Lipinski definition) is 4. The zero-order valence-corrected chi connectivity index (χ0v) is 8.60. The molecule has 17 heavy (non-hydrogen) atoms. The van der Waals surface area contributed by atoms with Gasteiger partial charge in [0.2, 0.25) is 11.7 Å². The molecule has 2 rings (SSSR count). The van der Waals surface area contributed by atoms with Gasteiger partial charge in [0.15, 0.2) is 11.6 Å². The van der Waals surface area contributed by atoms with Crippen molar-refractivity contribution in [2.45, 2.75) is 6.61 Å². The van der Waals surface area contributed by atoms with E-state index in [1.807, 2.05) is 0 Å². The van der Waals surface area contributed by atoms with Gasteiger partial charge in [-0.2, -0.15) is 4.39 Å². The van der Waals surface area contributed by atoms with Gasteiger partial charge in [-0.05, 0) is 18.2 Å². The third-order valence-electron chi connectivity index (χ3n) is 1.99. The highest BCUT2D eigenvalue weighted by molar-refractivity contribution is 5.29. The van der Waals surface area contributed by atoms with E-state index in [-0.39, 0.29) is 18.2 Å². The lowest BCUT2D eigenvalue weighted by atomic mass is 10.3. The first kappa shape index (κ1) is 11.4. The molecule has 0 aliphatic carbocycles. The van der Waals surface area contributed by atoms with Crippen LogP contribution in [0, 0.1) is 11.6 Å². The molecule has 0 bridgehead atoms. The molecule has 0 spiro atoms. The Morgan fingerprint density at radius 1 is 1.12 bits per heavy atom. The van der Waals surface area contributed by atoms with Crippen LogP contribution in [-0.4, -0.2) is 15.3 Å². The first-order valence-electron chi connectivity index (χ1n) is 4.76. The lowest BCUT2D eigenvalue weighted by Gasteiger charge is -2.05. The number of ether oxygens (including phenoxy) is 1. The van der Waals surface area contributed by atoms with E-state index in [2.05, 4.69) is 10.2 Å². The fourth-order valence-corrected chi connectivity index (χ4v) is 1.16. The van der Waals surface area contributed by atoms with Crippen molar-refractivity contribution >= 4 is 0 Å². The number of nitrogens with zero attached hydrogens (tertiary/aromatic N) is 2. The van der Waals surface area contributed by atoms with E-state index in [4.69, 9.17) is 9.84 Å². The second-order valence-corrected chi connectivity index (χ2v) is 3.18. The van der Waals surface area contributed by atoms with Gasteiger partial charge in [0, 0.05) is 6.07 Å². The molecule has 2 aromatic rings. The van der Waals surface area contributed by atoms with E-state index in [1.165, 1.54) is 24.3 Å². The van der Waals surface area contributed by atoms with Crippen LogP contribution >= 0.6 is 0 Å². The predicted octanol–water partition coefficient (Wildman–Crippen LogP) is 2.04. The summed E-state index contributed by atoms with van der Waals surface area (Å²) in [5, 5.41) is 15.9. The number of halogens is 2. The monoisotopic (exact) mass is 238 g/mol. The average Bonchev–Trinajstić information content (AvgIpc) is 2.36.